The molecule has 0 bridgehead atoms. The van der Waals surface area contributed by atoms with Gasteiger partial charge in [-0.3, -0.25) is 14.3 Å². The molecule has 0 saturated carbocycles. The van der Waals surface area contributed by atoms with E-state index in [-0.39, 0.29) is 36.6 Å². The predicted molar refractivity (Wildman–Crippen MR) is 222 cm³/mol. The summed E-state index contributed by atoms with van der Waals surface area (Å²) in [5, 5.41) is 17.8. The standard InChI is InChI=1S/C43H46Cl2N6O5/c1-22-15-28-19-34(43(54)55)49(21-35(52)47(7)8)39(28)33(16-22)50-20-25(4)51-40-31(12-13-32(44)37(40)36-26(5)46-48(9)27(36)6)30(41(51)42(50)53)11-10-14-56-29-17-23(2)38(45)24(3)18-29/h12-13,15-19,25H,10-11,14,20-21H2,1-9H3,(H,54,55)/t25-/m1/s1. The van der Waals surface area contributed by atoms with Crippen LogP contribution in [0.5, 0.6) is 5.75 Å². The molecule has 1 aliphatic heterocycles. The number of aromatic nitrogens is 4. The number of carbonyl (C=O) groups excluding carboxylic acids is 2. The van der Waals surface area contributed by atoms with Crippen LogP contribution in [0.15, 0.2) is 42.5 Å². The Labute approximate surface area is 335 Å². The Hall–Kier alpha value is -5.26. The number of nitrogens with zero attached hydrogens (tertiary/aromatic N) is 6. The molecule has 0 spiro atoms. The Morgan fingerprint density at radius 2 is 1.68 bits per heavy atom. The minimum atomic E-state index is -1.16. The number of aromatic carboxylic acids is 1. The Morgan fingerprint density at radius 1 is 0.982 bits per heavy atom. The van der Waals surface area contributed by atoms with Gasteiger partial charge in [-0.25, -0.2) is 4.79 Å². The number of ether oxygens (including phenoxy) is 1. The van der Waals surface area contributed by atoms with Gasteiger partial charge in [0, 0.05) is 66.3 Å². The van der Waals surface area contributed by atoms with Crippen LogP contribution in [-0.2, 0) is 24.8 Å². The molecule has 56 heavy (non-hydrogen) atoms. The van der Waals surface area contributed by atoms with Gasteiger partial charge >= 0.3 is 5.97 Å². The Kier molecular flexibility index (Phi) is 10.2. The molecule has 13 heteroatoms. The average molecular weight is 798 g/mol. The van der Waals surface area contributed by atoms with E-state index in [1.165, 1.54) is 9.47 Å². The number of fused-ring (bicyclic) bond motifs is 4. The fourth-order valence-corrected chi connectivity index (χ4v) is 8.65. The highest BCUT2D eigenvalue weighted by atomic mass is 35.5. The van der Waals surface area contributed by atoms with Crippen LogP contribution in [0.1, 0.15) is 74.0 Å². The van der Waals surface area contributed by atoms with Crippen molar-refractivity contribution in [2.75, 3.05) is 32.1 Å². The third-order valence-electron chi connectivity index (χ3n) is 11.0. The maximum atomic E-state index is 15.3. The van der Waals surface area contributed by atoms with Gasteiger partial charge in [0.25, 0.3) is 5.91 Å². The van der Waals surface area contributed by atoms with Crippen molar-refractivity contribution in [3.05, 3.63) is 97.5 Å². The molecule has 0 unspecified atom stereocenters. The van der Waals surface area contributed by atoms with Crippen LogP contribution in [0.3, 0.4) is 0 Å². The van der Waals surface area contributed by atoms with Gasteiger partial charge in [0.05, 0.1) is 34.0 Å². The van der Waals surface area contributed by atoms with Crippen molar-refractivity contribution in [3.8, 4) is 16.9 Å². The lowest BCUT2D eigenvalue weighted by Gasteiger charge is -2.35. The molecule has 11 nitrogen and oxygen atoms in total. The number of carboxylic acids is 1. The zero-order chi connectivity index (χ0) is 40.5. The molecule has 292 valence electrons. The molecule has 1 aliphatic rings. The lowest BCUT2D eigenvalue weighted by atomic mass is 9.98. The van der Waals surface area contributed by atoms with E-state index in [0.717, 1.165) is 66.4 Å². The summed E-state index contributed by atoms with van der Waals surface area (Å²) in [6, 6.07) is 12.9. The van der Waals surface area contributed by atoms with Crippen molar-refractivity contribution in [2.24, 2.45) is 7.05 Å². The van der Waals surface area contributed by atoms with Gasteiger partial charge < -0.3 is 28.8 Å². The minimum absolute atomic E-state index is 0.0260. The number of halogens is 2. The van der Waals surface area contributed by atoms with Crippen molar-refractivity contribution in [1.82, 2.24) is 23.8 Å². The Morgan fingerprint density at radius 3 is 2.30 bits per heavy atom. The van der Waals surface area contributed by atoms with Gasteiger partial charge in [0.1, 0.15) is 23.7 Å². The zero-order valence-corrected chi connectivity index (χ0v) is 34.7. The van der Waals surface area contributed by atoms with Crippen LogP contribution >= 0.6 is 23.2 Å². The normalized spacial score (nSPS) is 14.2. The highest BCUT2D eigenvalue weighted by molar-refractivity contribution is 6.35. The van der Waals surface area contributed by atoms with Crippen molar-refractivity contribution in [3.63, 3.8) is 0 Å². The highest BCUT2D eigenvalue weighted by Gasteiger charge is 2.38. The molecule has 3 aromatic carbocycles. The quantitative estimate of drug-likeness (QED) is 0.139. The second-order valence-corrected chi connectivity index (χ2v) is 16.0. The number of carboxylic acid groups (broad SMARTS) is 1. The second-order valence-electron chi connectivity index (χ2n) is 15.2. The molecule has 3 aromatic heterocycles. The zero-order valence-electron chi connectivity index (χ0n) is 33.2. The number of aryl methyl sites for hydroxylation is 6. The van der Waals surface area contributed by atoms with Gasteiger partial charge in [0.15, 0.2) is 0 Å². The number of rotatable bonds is 10. The lowest BCUT2D eigenvalue weighted by Crippen LogP contribution is -2.43. The maximum absolute atomic E-state index is 15.3. The molecule has 0 radical (unpaired) electrons. The van der Waals surface area contributed by atoms with Crippen molar-refractivity contribution in [2.45, 2.75) is 67.0 Å². The van der Waals surface area contributed by atoms with E-state index in [1.54, 1.807) is 25.1 Å². The van der Waals surface area contributed by atoms with Crippen LogP contribution in [-0.4, -0.2) is 74.0 Å². The van der Waals surface area contributed by atoms with Gasteiger partial charge in [-0.05, 0) is 113 Å². The minimum Gasteiger partial charge on any atom is -0.494 e. The van der Waals surface area contributed by atoms with Crippen LogP contribution in [0.2, 0.25) is 10.0 Å². The number of benzene rings is 3. The molecule has 1 N–H and O–H groups in total. The van der Waals surface area contributed by atoms with Gasteiger partial charge in [-0.2, -0.15) is 5.10 Å². The van der Waals surface area contributed by atoms with Crippen LogP contribution in [0.4, 0.5) is 5.69 Å². The molecule has 7 rings (SSSR count). The van der Waals surface area contributed by atoms with E-state index < -0.39 is 5.97 Å². The third kappa shape index (κ3) is 6.50. The maximum Gasteiger partial charge on any atom is 0.352 e. The van der Waals surface area contributed by atoms with Crippen molar-refractivity contribution >= 4 is 68.5 Å². The monoisotopic (exact) mass is 796 g/mol. The Bertz CT molecular complexity index is 2590. The van der Waals surface area contributed by atoms with Crippen molar-refractivity contribution in [1.29, 1.82) is 0 Å². The summed E-state index contributed by atoms with van der Waals surface area (Å²) in [4.78, 5) is 44.2. The predicted octanol–water partition coefficient (Wildman–Crippen LogP) is 8.86. The fourth-order valence-electron chi connectivity index (χ4n) is 8.30. The second kappa shape index (κ2) is 14.7. The van der Waals surface area contributed by atoms with Gasteiger partial charge in [-0.1, -0.05) is 29.3 Å². The number of amides is 2. The summed E-state index contributed by atoms with van der Waals surface area (Å²) in [5.41, 5.74) is 9.61. The highest BCUT2D eigenvalue weighted by Crippen LogP contribution is 2.46. The molecule has 0 aliphatic carbocycles. The van der Waals surface area contributed by atoms with Crippen LogP contribution in [0.25, 0.3) is 32.9 Å². The first-order valence-electron chi connectivity index (χ1n) is 18.6. The van der Waals surface area contributed by atoms with E-state index in [0.29, 0.717) is 46.8 Å². The van der Waals surface area contributed by atoms with Crippen molar-refractivity contribution < 1.29 is 24.2 Å². The molecule has 4 heterocycles. The molecule has 6 aromatic rings. The van der Waals surface area contributed by atoms with E-state index in [1.807, 2.05) is 82.7 Å². The largest absolute Gasteiger partial charge is 0.494 e. The Balaban J connectivity index is 1.41. The molecule has 0 fully saturated rings. The summed E-state index contributed by atoms with van der Waals surface area (Å²) in [6.07, 6.45) is 1.15. The summed E-state index contributed by atoms with van der Waals surface area (Å²) >= 11 is 13.5. The number of likely N-dealkylation sites (N-methyl/N-ethyl adjacent to an activating group) is 1. The third-order valence-corrected chi connectivity index (χ3v) is 11.9. The SMILES string of the molecule is Cc1cc(N2C[C@@H](C)n3c(c(CCCOc4cc(C)c(Cl)c(C)c4)c4ccc(Cl)c(-c5c(C)nn(C)c5C)c43)C2=O)c2c(c1)cc(C(=O)O)n2CC(=O)N(C)C. The fraction of sp³-hybridized carbons (Fsp3) is 0.349. The topological polar surface area (TPSA) is 115 Å². The van der Waals surface area contributed by atoms with Gasteiger partial charge in [0.2, 0.25) is 5.91 Å². The number of hydrogen-bond donors (Lipinski definition) is 1. The average Bonchev–Trinajstić information content (AvgIpc) is 3.75. The van der Waals surface area contributed by atoms with E-state index >= 15 is 4.79 Å². The summed E-state index contributed by atoms with van der Waals surface area (Å²) < 4.78 is 11.7. The molecular formula is C43H46Cl2N6O5. The first-order chi connectivity index (χ1) is 26.5. The summed E-state index contributed by atoms with van der Waals surface area (Å²) in [5.74, 6) is -0.917. The number of hydrogen-bond acceptors (Lipinski definition) is 5. The van der Waals surface area contributed by atoms with E-state index in [2.05, 4.69) is 11.5 Å². The van der Waals surface area contributed by atoms with E-state index in [4.69, 9.17) is 33.0 Å². The molecule has 2 amide bonds. The summed E-state index contributed by atoms with van der Waals surface area (Å²) in [6.45, 7) is 12.4. The van der Waals surface area contributed by atoms with Crippen LogP contribution in [0, 0.1) is 34.6 Å². The summed E-state index contributed by atoms with van der Waals surface area (Å²) in [7, 11) is 5.17. The first-order valence-corrected chi connectivity index (χ1v) is 19.4. The first kappa shape index (κ1) is 39.0. The molecule has 0 saturated heterocycles. The van der Waals surface area contributed by atoms with E-state index in [9.17, 15) is 14.7 Å². The number of anilines is 1. The lowest BCUT2D eigenvalue weighted by molar-refractivity contribution is -0.129. The molecule has 1 atom stereocenters. The van der Waals surface area contributed by atoms with Crippen LogP contribution < -0.4 is 9.64 Å². The molecular weight excluding hydrogens is 751 g/mol. The van der Waals surface area contributed by atoms with Gasteiger partial charge in [-0.15, -0.1) is 0 Å². The smallest absolute Gasteiger partial charge is 0.352 e. The number of carbonyl (C=O) groups is 3.